The summed E-state index contributed by atoms with van der Waals surface area (Å²) in [7, 11) is 0. The van der Waals surface area contributed by atoms with Gasteiger partial charge in [0.2, 0.25) is 0 Å². The molecule has 0 atom stereocenters. The Kier molecular flexibility index (Phi) is 5.45. The van der Waals surface area contributed by atoms with Gasteiger partial charge in [0.05, 0.1) is 5.56 Å². The third-order valence-electron chi connectivity index (χ3n) is 5.48. The Morgan fingerprint density at radius 2 is 1.72 bits per heavy atom. The standard InChI is InChI=1S/C23H24N6O3/c1-16-4-2-7-19(24-16)25-20-8-9-21(27-26-20)28-10-12-29(13-11-28)23(30)17-5-3-6-18-22(17)32-15-14-31-18/h2-9H,10-15H2,1H3,(H,24,25,26). The van der Waals surface area contributed by atoms with Crippen molar-refractivity contribution in [2.45, 2.75) is 6.92 Å². The van der Waals surface area contributed by atoms with Crippen molar-refractivity contribution in [1.82, 2.24) is 20.1 Å². The van der Waals surface area contributed by atoms with Crippen molar-refractivity contribution in [3.05, 3.63) is 59.8 Å². The molecule has 0 bridgehead atoms. The molecule has 9 heteroatoms. The van der Waals surface area contributed by atoms with Gasteiger partial charge in [0.15, 0.2) is 23.1 Å². The van der Waals surface area contributed by atoms with Gasteiger partial charge in [-0.3, -0.25) is 4.79 Å². The molecule has 0 saturated carbocycles. The number of fused-ring (bicyclic) bond motifs is 1. The highest BCUT2D eigenvalue weighted by Gasteiger charge is 2.27. The number of carbonyl (C=O) groups excluding carboxylic acids is 1. The number of aromatic nitrogens is 3. The number of carbonyl (C=O) groups is 1. The predicted molar refractivity (Wildman–Crippen MR) is 120 cm³/mol. The maximum absolute atomic E-state index is 13.1. The van der Waals surface area contributed by atoms with Crippen LogP contribution >= 0.6 is 0 Å². The second kappa shape index (κ2) is 8.70. The first kappa shape index (κ1) is 20.0. The highest BCUT2D eigenvalue weighted by atomic mass is 16.6. The SMILES string of the molecule is Cc1cccc(Nc2ccc(N3CCN(C(=O)c4cccc5c4OCCO5)CC3)nn2)n1. The Balaban J connectivity index is 1.21. The zero-order valence-corrected chi connectivity index (χ0v) is 17.8. The molecule has 0 aliphatic carbocycles. The van der Waals surface area contributed by atoms with Crippen molar-refractivity contribution in [3.63, 3.8) is 0 Å². The van der Waals surface area contributed by atoms with Crippen LogP contribution in [0.4, 0.5) is 17.5 Å². The van der Waals surface area contributed by atoms with Crippen LogP contribution in [0.15, 0.2) is 48.5 Å². The number of anilines is 3. The zero-order chi connectivity index (χ0) is 21.9. The van der Waals surface area contributed by atoms with Gasteiger partial charge in [-0.2, -0.15) is 0 Å². The summed E-state index contributed by atoms with van der Waals surface area (Å²) in [5.74, 6) is 3.29. The minimum Gasteiger partial charge on any atom is -0.486 e. The van der Waals surface area contributed by atoms with Crippen LogP contribution in [0.2, 0.25) is 0 Å². The van der Waals surface area contributed by atoms with E-state index in [1.54, 1.807) is 6.07 Å². The number of hydrogen-bond acceptors (Lipinski definition) is 8. The minimum absolute atomic E-state index is 0.0386. The lowest BCUT2D eigenvalue weighted by atomic mass is 10.1. The van der Waals surface area contributed by atoms with Crippen LogP contribution in [0.3, 0.4) is 0 Å². The average Bonchev–Trinajstić information content (AvgIpc) is 2.84. The van der Waals surface area contributed by atoms with Crippen molar-refractivity contribution >= 4 is 23.4 Å². The highest BCUT2D eigenvalue weighted by molar-refractivity contribution is 5.98. The second-order valence-corrected chi connectivity index (χ2v) is 7.67. The Labute approximate surface area is 186 Å². The summed E-state index contributed by atoms with van der Waals surface area (Å²) in [4.78, 5) is 21.5. The summed E-state index contributed by atoms with van der Waals surface area (Å²) in [6.07, 6.45) is 0. The van der Waals surface area contributed by atoms with Crippen LogP contribution in [0.1, 0.15) is 16.1 Å². The van der Waals surface area contributed by atoms with Gasteiger partial charge in [-0.15, -0.1) is 10.2 Å². The molecule has 2 aromatic heterocycles. The van der Waals surface area contributed by atoms with Crippen molar-refractivity contribution in [2.75, 3.05) is 49.6 Å². The van der Waals surface area contributed by atoms with Crippen LogP contribution < -0.4 is 19.7 Å². The second-order valence-electron chi connectivity index (χ2n) is 7.67. The molecule has 0 spiro atoms. The number of para-hydroxylation sites is 1. The van der Waals surface area contributed by atoms with E-state index >= 15 is 0 Å². The van der Waals surface area contributed by atoms with Crippen LogP contribution in [-0.4, -0.2) is 65.4 Å². The lowest BCUT2D eigenvalue weighted by molar-refractivity contribution is 0.0736. The molecule has 1 amide bonds. The molecule has 1 N–H and O–H groups in total. The fraction of sp³-hybridized carbons (Fsp3) is 0.304. The predicted octanol–water partition coefficient (Wildman–Crippen LogP) is 2.66. The molecule has 0 radical (unpaired) electrons. The number of aryl methyl sites for hydroxylation is 1. The van der Waals surface area contributed by atoms with Gasteiger partial charge in [-0.05, 0) is 43.3 Å². The van der Waals surface area contributed by atoms with Gasteiger partial charge in [0, 0.05) is 31.9 Å². The summed E-state index contributed by atoms with van der Waals surface area (Å²) in [5.41, 5.74) is 1.48. The normalized spacial score (nSPS) is 15.4. The Morgan fingerprint density at radius 1 is 0.906 bits per heavy atom. The molecular weight excluding hydrogens is 408 g/mol. The van der Waals surface area contributed by atoms with E-state index in [2.05, 4.69) is 25.4 Å². The molecule has 1 aromatic carbocycles. The number of amides is 1. The fourth-order valence-corrected chi connectivity index (χ4v) is 3.86. The molecule has 1 saturated heterocycles. The number of ether oxygens (including phenoxy) is 2. The Hall–Kier alpha value is -3.88. The van der Waals surface area contributed by atoms with E-state index in [1.807, 2.05) is 54.3 Å². The van der Waals surface area contributed by atoms with Gasteiger partial charge in [0.25, 0.3) is 5.91 Å². The maximum atomic E-state index is 13.1. The monoisotopic (exact) mass is 432 g/mol. The first-order valence-corrected chi connectivity index (χ1v) is 10.6. The quantitative estimate of drug-likeness (QED) is 0.673. The molecule has 1 fully saturated rings. The molecule has 164 valence electrons. The number of benzene rings is 1. The fourth-order valence-electron chi connectivity index (χ4n) is 3.86. The van der Waals surface area contributed by atoms with Crippen LogP contribution in [-0.2, 0) is 0 Å². The number of rotatable bonds is 4. The number of hydrogen-bond donors (Lipinski definition) is 1. The molecule has 3 aromatic rings. The number of pyridine rings is 1. The third-order valence-corrected chi connectivity index (χ3v) is 5.48. The van der Waals surface area contributed by atoms with Gasteiger partial charge in [-0.25, -0.2) is 4.98 Å². The van der Waals surface area contributed by atoms with Crippen LogP contribution in [0.25, 0.3) is 0 Å². The number of nitrogens with one attached hydrogen (secondary N) is 1. The molecule has 4 heterocycles. The van der Waals surface area contributed by atoms with E-state index < -0.39 is 0 Å². The van der Waals surface area contributed by atoms with E-state index in [4.69, 9.17) is 9.47 Å². The van der Waals surface area contributed by atoms with E-state index in [-0.39, 0.29) is 5.91 Å². The topological polar surface area (TPSA) is 92.7 Å². The summed E-state index contributed by atoms with van der Waals surface area (Å²) in [5, 5.41) is 11.8. The summed E-state index contributed by atoms with van der Waals surface area (Å²) < 4.78 is 11.3. The van der Waals surface area contributed by atoms with Crippen LogP contribution in [0.5, 0.6) is 11.5 Å². The maximum Gasteiger partial charge on any atom is 0.257 e. The van der Waals surface area contributed by atoms with Gasteiger partial charge >= 0.3 is 0 Å². The largest absolute Gasteiger partial charge is 0.486 e. The smallest absolute Gasteiger partial charge is 0.257 e. The van der Waals surface area contributed by atoms with Crippen molar-refractivity contribution in [1.29, 1.82) is 0 Å². The van der Waals surface area contributed by atoms with E-state index in [9.17, 15) is 4.79 Å². The average molecular weight is 432 g/mol. The molecule has 32 heavy (non-hydrogen) atoms. The molecular formula is C23H24N6O3. The van der Waals surface area contributed by atoms with Gasteiger partial charge in [0.1, 0.15) is 19.0 Å². The molecule has 9 nitrogen and oxygen atoms in total. The number of nitrogens with zero attached hydrogens (tertiary/aromatic N) is 5. The van der Waals surface area contributed by atoms with Gasteiger partial charge in [-0.1, -0.05) is 12.1 Å². The van der Waals surface area contributed by atoms with E-state index in [0.29, 0.717) is 62.3 Å². The van der Waals surface area contributed by atoms with Crippen molar-refractivity contribution in [2.24, 2.45) is 0 Å². The Morgan fingerprint density at radius 3 is 2.50 bits per heavy atom. The lowest BCUT2D eigenvalue weighted by Crippen LogP contribution is -2.49. The molecule has 2 aliphatic rings. The van der Waals surface area contributed by atoms with Crippen molar-refractivity contribution in [3.8, 4) is 11.5 Å². The van der Waals surface area contributed by atoms with E-state index in [1.165, 1.54) is 0 Å². The molecule has 5 rings (SSSR count). The molecule has 2 aliphatic heterocycles. The summed E-state index contributed by atoms with van der Waals surface area (Å²) in [6.45, 7) is 5.45. The zero-order valence-electron chi connectivity index (χ0n) is 17.8. The summed E-state index contributed by atoms with van der Waals surface area (Å²) in [6, 6.07) is 15.0. The third kappa shape index (κ3) is 4.14. The van der Waals surface area contributed by atoms with Gasteiger partial charge < -0.3 is 24.6 Å². The van der Waals surface area contributed by atoms with Crippen molar-refractivity contribution < 1.29 is 14.3 Å². The molecule has 0 unspecified atom stereocenters. The minimum atomic E-state index is -0.0386. The Bertz CT molecular complexity index is 1110. The number of piperazine rings is 1. The highest BCUT2D eigenvalue weighted by Crippen LogP contribution is 2.34. The lowest BCUT2D eigenvalue weighted by Gasteiger charge is -2.35. The first-order chi connectivity index (χ1) is 15.7. The first-order valence-electron chi connectivity index (χ1n) is 10.6. The van der Waals surface area contributed by atoms with E-state index in [0.717, 1.165) is 17.3 Å². The van der Waals surface area contributed by atoms with Crippen LogP contribution in [0, 0.1) is 6.92 Å². The summed E-state index contributed by atoms with van der Waals surface area (Å²) >= 11 is 0.